The van der Waals surface area contributed by atoms with E-state index in [1.807, 2.05) is 19.1 Å². The highest BCUT2D eigenvalue weighted by Crippen LogP contribution is 2.29. The quantitative estimate of drug-likeness (QED) is 0.873. The number of halogens is 1. The number of benzene rings is 1. The topological polar surface area (TPSA) is 44.7 Å². The number of morpholine rings is 1. The second kappa shape index (κ2) is 7.27. The standard InChI is InChI=1S/C15H23ClN2O2/c1-3-17-7-13-14(16)5-4-6-15(13)18-8-11(2)20-12(9-18)10-19/h4-6,11-12,17,19H,3,7-10H2,1-2H3. The highest BCUT2D eigenvalue weighted by molar-refractivity contribution is 6.31. The van der Waals surface area contributed by atoms with Crippen molar-refractivity contribution in [3.05, 3.63) is 28.8 Å². The zero-order chi connectivity index (χ0) is 14.5. The number of anilines is 1. The lowest BCUT2D eigenvalue weighted by atomic mass is 10.1. The lowest BCUT2D eigenvalue weighted by molar-refractivity contribution is -0.0421. The summed E-state index contributed by atoms with van der Waals surface area (Å²) in [5.41, 5.74) is 2.24. The highest BCUT2D eigenvalue weighted by atomic mass is 35.5. The van der Waals surface area contributed by atoms with Gasteiger partial charge in [0.25, 0.3) is 0 Å². The van der Waals surface area contributed by atoms with Crippen LogP contribution in [0.3, 0.4) is 0 Å². The van der Waals surface area contributed by atoms with Gasteiger partial charge in [-0.3, -0.25) is 0 Å². The first-order valence-electron chi connectivity index (χ1n) is 7.15. The molecule has 0 aliphatic carbocycles. The average Bonchev–Trinajstić information content (AvgIpc) is 2.45. The van der Waals surface area contributed by atoms with E-state index in [1.54, 1.807) is 0 Å². The van der Waals surface area contributed by atoms with Crippen molar-refractivity contribution in [1.29, 1.82) is 0 Å². The van der Waals surface area contributed by atoms with Crippen molar-refractivity contribution in [2.24, 2.45) is 0 Å². The van der Waals surface area contributed by atoms with Gasteiger partial charge in [-0.1, -0.05) is 24.6 Å². The Hall–Kier alpha value is -0.810. The van der Waals surface area contributed by atoms with Crippen LogP contribution >= 0.6 is 11.6 Å². The molecule has 0 spiro atoms. The molecule has 2 N–H and O–H groups in total. The molecule has 0 aromatic heterocycles. The lowest BCUT2D eigenvalue weighted by Crippen LogP contribution is -2.48. The number of hydrogen-bond acceptors (Lipinski definition) is 4. The molecule has 5 heteroatoms. The van der Waals surface area contributed by atoms with E-state index in [0.29, 0.717) is 6.54 Å². The summed E-state index contributed by atoms with van der Waals surface area (Å²) in [4.78, 5) is 2.26. The minimum absolute atomic E-state index is 0.0456. The van der Waals surface area contributed by atoms with Gasteiger partial charge in [-0.2, -0.15) is 0 Å². The molecule has 1 heterocycles. The number of ether oxygens (including phenoxy) is 1. The SMILES string of the molecule is CCNCc1c(Cl)cccc1N1CC(C)OC(CO)C1. The maximum Gasteiger partial charge on any atom is 0.0984 e. The molecule has 2 atom stereocenters. The van der Waals surface area contributed by atoms with E-state index in [0.717, 1.165) is 35.9 Å². The van der Waals surface area contributed by atoms with Gasteiger partial charge in [0.05, 0.1) is 18.8 Å². The Kier molecular flexibility index (Phi) is 5.66. The van der Waals surface area contributed by atoms with Crippen molar-refractivity contribution in [3.63, 3.8) is 0 Å². The van der Waals surface area contributed by atoms with Crippen molar-refractivity contribution in [1.82, 2.24) is 5.32 Å². The summed E-state index contributed by atoms with van der Waals surface area (Å²) in [5, 5.41) is 13.5. The van der Waals surface area contributed by atoms with Crippen LogP contribution in [0.4, 0.5) is 5.69 Å². The first kappa shape index (κ1) is 15.6. The molecule has 0 bridgehead atoms. The fourth-order valence-corrected chi connectivity index (χ4v) is 2.85. The molecule has 4 nitrogen and oxygen atoms in total. The van der Waals surface area contributed by atoms with Gasteiger partial charge in [-0.05, 0) is 25.6 Å². The van der Waals surface area contributed by atoms with Crippen LogP contribution in [0.2, 0.25) is 5.02 Å². The minimum atomic E-state index is -0.135. The zero-order valence-corrected chi connectivity index (χ0v) is 12.9. The van der Waals surface area contributed by atoms with E-state index in [9.17, 15) is 5.11 Å². The first-order valence-corrected chi connectivity index (χ1v) is 7.52. The van der Waals surface area contributed by atoms with E-state index in [1.165, 1.54) is 0 Å². The van der Waals surface area contributed by atoms with Crippen molar-refractivity contribution >= 4 is 17.3 Å². The van der Waals surface area contributed by atoms with Crippen LogP contribution in [-0.4, -0.2) is 43.6 Å². The second-order valence-electron chi connectivity index (χ2n) is 5.17. The molecule has 112 valence electrons. The predicted octanol–water partition coefficient (Wildman–Crippen LogP) is 2.04. The van der Waals surface area contributed by atoms with Crippen molar-refractivity contribution in [2.45, 2.75) is 32.6 Å². The molecule has 2 rings (SSSR count). The maximum absolute atomic E-state index is 9.35. The van der Waals surface area contributed by atoms with E-state index >= 15 is 0 Å². The zero-order valence-electron chi connectivity index (χ0n) is 12.1. The van der Waals surface area contributed by atoms with Crippen LogP contribution in [0.1, 0.15) is 19.4 Å². The summed E-state index contributed by atoms with van der Waals surface area (Å²) < 4.78 is 5.70. The van der Waals surface area contributed by atoms with Crippen LogP contribution in [0.25, 0.3) is 0 Å². The van der Waals surface area contributed by atoms with E-state index in [2.05, 4.69) is 23.2 Å². The van der Waals surface area contributed by atoms with Gasteiger partial charge in [0, 0.05) is 35.9 Å². The van der Waals surface area contributed by atoms with Crippen LogP contribution in [0.15, 0.2) is 18.2 Å². The molecule has 20 heavy (non-hydrogen) atoms. The van der Waals surface area contributed by atoms with Crippen molar-refractivity contribution < 1.29 is 9.84 Å². The molecule has 1 aliphatic heterocycles. The van der Waals surface area contributed by atoms with Gasteiger partial charge >= 0.3 is 0 Å². The fourth-order valence-electron chi connectivity index (χ4n) is 2.61. The van der Waals surface area contributed by atoms with Gasteiger partial charge in [0.1, 0.15) is 0 Å². The molecular weight excluding hydrogens is 276 g/mol. The van der Waals surface area contributed by atoms with Crippen molar-refractivity contribution in [3.8, 4) is 0 Å². The lowest BCUT2D eigenvalue weighted by Gasteiger charge is -2.38. The monoisotopic (exact) mass is 298 g/mol. The molecule has 0 radical (unpaired) electrons. The second-order valence-corrected chi connectivity index (χ2v) is 5.58. The summed E-state index contributed by atoms with van der Waals surface area (Å²) in [6.07, 6.45) is -0.0309. The van der Waals surface area contributed by atoms with Crippen LogP contribution in [-0.2, 0) is 11.3 Å². The van der Waals surface area contributed by atoms with Gasteiger partial charge in [0.15, 0.2) is 0 Å². The number of nitrogens with zero attached hydrogens (tertiary/aromatic N) is 1. The molecule has 1 aromatic rings. The summed E-state index contributed by atoms with van der Waals surface area (Å²) in [6.45, 7) is 7.32. The Labute approximate surface area is 125 Å². The van der Waals surface area contributed by atoms with E-state index in [4.69, 9.17) is 16.3 Å². The molecule has 0 amide bonds. The minimum Gasteiger partial charge on any atom is -0.394 e. The van der Waals surface area contributed by atoms with Gasteiger partial charge in [-0.25, -0.2) is 0 Å². The van der Waals surface area contributed by atoms with Crippen LogP contribution in [0, 0.1) is 0 Å². The number of rotatable bonds is 5. The van der Waals surface area contributed by atoms with Crippen LogP contribution < -0.4 is 10.2 Å². The molecule has 1 fully saturated rings. The van der Waals surface area contributed by atoms with Gasteiger partial charge < -0.3 is 20.1 Å². The smallest absolute Gasteiger partial charge is 0.0984 e. The molecule has 1 saturated heterocycles. The third-order valence-corrected chi connectivity index (χ3v) is 3.87. The number of aliphatic hydroxyl groups is 1. The molecular formula is C15H23ClN2O2. The Morgan fingerprint density at radius 3 is 2.95 bits per heavy atom. The molecule has 1 aliphatic rings. The normalized spacial score (nSPS) is 23.1. The van der Waals surface area contributed by atoms with E-state index in [-0.39, 0.29) is 18.8 Å². The summed E-state index contributed by atoms with van der Waals surface area (Å²) in [5.74, 6) is 0. The predicted molar refractivity (Wildman–Crippen MR) is 82.5 cm³/mol. The Balaban J connectivity index is 2.24. The van der Waals surface area contributed by atoms with Crippen molar-refractivity contribution in [2.75, 3.05) is 31.1 Å². The highest BCUT2D eigenvalue weighted by Gasteiger charge is 2.26. The van der Waals surface area contributed by atoms with Crippen LogP contribution in [0.5, 0.6) is 0 Å². The number of nitrogens with one attached hydrogen (secondary N) is 1. The third kappa shape index (κ3) is 3.64. The Morgan fingerprint density at radius 1 is 1.45 bits per heavy atom. The summed E-state index contributed by atoms with van der Waals surface area (Å²) >= 11 is 6.34. The number of hydrogen-bond donors (Lipinski definition) is 2. The average molecular weight is 299 g/mol. The summed E-state index contributed by atoms with van der Waals surface area (Å²) in [6, 6.07) is 5.98. The first-order chi connectivity index (χ1) is 9.65. The number of aliphatic hydroxyl groups excluding tert-OH is 1. The van der Waals surface area contributed by atoms with Gasteiger partial charge in [-0.15, -0.1) is 0 Å². The third-order valence-electron chi connectivity index (χ3n) is 3.52. The summed E-state index contributed by atoms with van der Waals surface area (Å²) in [7, 11) is 0. The molecule has 2 unspecified atom stereocenters. The van der Waals surface area contributed by atoms with E-state index < -0.39 is 0 Å². The maximum atomic E-state index is 9.35. The Morgan fingerprint density at radius 2 is 2.25 bits per heavy atom. The Bertz CT molecular complexity index is 442. The van der Waals surface area contributed by atoms with Gasteiger partial charge in [0.2, 0.25) is 0 Å². The largest absolute Gasteiger partial charge is 0.394 e. The fraction of sp³-hybridized carbons (Fsp3) is 0.600. The molecule has 1 aromatic carbocycles. The molecule has 0 saturated carbocycles.